The number of fused-ring (bicyclic) bond motifs is 1. The van der Waals surface area contributed by atoms with Gasteiger partial charge in [-0.1, -0.05) is 18.2 Å². The average molecular weight is 452 g/mol. The molecule has 8 heteroatoms. The van der Waals surface area contributed by atoms with Crippen LogP contribution in [0.4, 0.5) is 0 Å². The molecule has 2 heterocycles. The summed E-state index contributed by atoms with van der Waals surface area (Å²) in [5.74, 6) is 0.459. The molecule has 0 spiro atoms. The third-order valence-electron chi connectivity index (χ3n) is 6.22. The Kier molecular flexibility index (Phi) is 7.36. The first kappa shape index (κ1) is 22.9. The second-order valence-electron chi connectivity index (χ2n) is 8.60. The summed E-state index contributed by atoms with van der Waals surface area (Å²) >= 11 is 0. The first-order valence-corrected chi connectivity index (χ1v) is 11.7. The van der Waals surface area contributed by atoms with Crippen molar-refractivity contribution in [1.82, 2.24) is 15.1 Å². The fourth-order valence-electron chi connectivity index (χ4n) is 4.29. The number of amides is 1. The number of benzene rings is 2. The third kappa shape index (κ3) is 5.40. The largest absolute Gasteiger partial charge is 0.494 e. The zero-order valence-corrected chi connectivity index (χ0v) is 19.4. The Balaban J connectivity index is 1.52. The molecular weight excluding hydrogens is 418 g/mol. The van der Waals surface area contributed by atoms with Gasteiger partial charge in [-0.15, -0.1) is 0 Å². The van der Waals surface area contributed by atoms with Gasteiger partial charge in [-0.3, -0.25) is 9.59 Å². The average Bonchev–Trinajstić information content (AvgIpc) is 2.84. The van der Waals surface area contributed by atoms with Crippen molar-refractivity contribution >= 4 is 16.7 Å². The SMILES string of the molecule is CCOc1ccc(-n2nc(C(=O)NCCC[NH+]3CC[NH+](C)CC3)c3ccccc3c2=O)cc1. The summed E-state index contributed by atoms with van der Waals surface area (Å²) in [5.41, 5.74) is 0.589. The Morgan fingerprint density at radius 3 is 2.45 bits per heavy atom. The summed E-state index contributed by atoms with van der Waals surface area (Å²) in [6.07, 6.45) is 0.913. The van der Waals surface area contributed by atoms with Crippen molar-refractivity contribution in [2.24, 2.45) is 0 Å². The molecule has 0 unspecified atom stereocenters. The summed E-state index contributed by atoms with van der Waals surface area (Å²) in [5, 5.41) is 8.51. The molecule has 8 nitrogen and oxygen atoms in total. The number of carbonyl (C=O) groups is 1. The van der Waals surface area contributed by atoms with Crippen LogP contribution in [0.1, 0.15) is 23.8 Å². The highest BCUT2D eigenvalue weighted by atomic mass is 16.5. The van der Waals surface area contributed by atoms with Crippen molar-refractivity contribution in [2.45, 2.75) is 13.3 Å². The molecular formula is C25H33N5O3+2. The highest BCUT2D eigenvalue weighted by molar-refractivity contribution is 6.04. The molecule has 0 atom stereocenters. The molecule has 3 aromatic rings. The number of nitrogens with one attached hydrogen (secondary N) is 3. The molecule has 1 saturated heterocycles. The molecule has 4 rings (SSSR count). The molecule has 0 aliphatic carbocycles. The smallest absolute Gasteiger partial charge is 0.279 e. The first-order valence-electron chi connectivity index (χ1n) is 11.7. The molecule has 1 aromatic heterocycles. The normalized spacial score (nSPS) is 18.2. The highest BCUT2D eigenvalue weighted by Crippen LogP contribution is 2.17. The van der Waals surface area contributed by atoms with Crippen LogP contribution >= 0.6 is 0 Å². The molecule has 0 saturated carbocycles. The highest BCUT2D eigenvalue weighted by Gasteiger charge is 2.20. The number of aromatic nitrogens is 2. The van der Waals surface area contributed by atoms with Crippen molar-refractivity contribution < 1.29 is 19.3 Å². The number of hydrogen-bond donors (Lipinski definition) is 3. The lowest BCUT2D eigenvalue weighted by molar-refractivity contribution is -1.00. The van der Waals surface area contributed by atoms with Crippen LogP contribution in [0.2, 0.25) is 0 Å². The second-order valence-corrected chi connectivity index (χ2v) is 8.60. The number of likely N-dealkylation sites (N-methyl/N-ethyl adjacent to an activating group) is 1. The number of ether oxygens (including phenoxy) is 1. The van der Waals surface area contributed by atoms with E-state index in [1.807, 2.05) is 13.0 Å². The van der Waals surface area contributed by atoms with E-state index in [2.05, 4.69) is 17.5 Å². The van der Waals surface area contributed by atoms with Crippen molar-refractivity contribution in [1.29, 1.82) is 0 Å². The van der Waals surface area contributed by atoms with E-state index in [1.165, 1.54) is 30.9 Å². The number of nitrogens with zero attached hydrogens (tertiary/aromatic N) is 2. The van der Waals surface area contributed by atoms with E-state index in [9.17, 15) is 9.59 Å². The maximum Gasteiger partial charge on any atom is 0.279 e. The van der Waals surface area contributed by atoms with E-state index in [1.54, 1.807) is 52.3 Å². The first-order chi connectivity index (χ1) is 16.1. The van der Waals surface area contributed by atoms with Gasteiger partial charge in [0.05, 0.1) is 31.3 Å². The van der Waals surface area contributed by atoms with Crippen molar-refractivity contribution in [3.8, 4) is 11.4 Å². The lowest BCUT2D eigenvalue weighted by Gasteiger charge is -2.27. The van der Waals surface area contributed by atoms with Gasteiger partial charge in [0.2, 0.25) is 0 Å². The standard InChI is InChI=1S/C25H31N5O3/c1-3-33-20-11-9-19(10-12-20)30-25(32)22-8-5-4-7-21(22)23(27-30)24(31)26-13-6-14-29-17-15-28(2)16-18-29/h4-5,7-12H,3,6,13-18H2,1-2H3,(H,26,31)/p+2. The van der Waals surface area contributed by atoms with E-state index < -0.39 is 0 Å². The maximum atomic E-state index is 13.1. The van der Waals surface area contributed by atoms with Gasteiger partial charge in [0.25, 0.3) is 11.5 Å². The van der Waals surface area contributed by atoms with E-state index in [0.29, 0.717) is 29.6 Å². The minimum Gasteiger partial charge on any atom is -0.494 e. The van der Waals surface area contributed by atoms with Crippen molar-refractivity contribution in [3.63, 3.8) is 0 Å². The minimum atomic E-state index is -0.260. The summed E-state index contributed by atoms with van der Waals surface area (Å²) < 4.78 is 6.78. The van der Waals surface area contributed by atoms with Gasteiger partial charge in [-0.05, 0) is 37.3 Å². The van der Waals surface area contributed by atoms with Gasteiger partial charge < -0.3 is 19.9 Å². The second kappa shape index (κ2) is 10.6. The Morgan fingerprint density at radius 1 is 1.06 bits per heavy atom. The van der Waals surface area contributed by atoms with Gasteiger partial charge in [0.15, 0.2) is 5.69 Å². The molecule has 1 fully saturated rings. The van der Waals surface area contributed by atoms with E-state index in [-0.39, 0.29) is 17.2 Å². The molecule has 33 heavy (non-hydrogen) atoms. The van der Waals surface area contributed by atoms with Crippen LogP contribution in [0.25, 0.3) is 16.5 Å². The lowest BCUT2D eigenvalue weighted by Crippen LogP contribution is -3.27. The fraction of sp³-hybridized carbons (Fsp3) is 0.400. The number of carbonyl (C=O) groups excluding carboxylic acids is 1. The van der Waals surface area contributed by atoms with Crippen LogP contribution in [0, 0.1) is 0 Å². The van der Waals surface area contributed by atoms with E-state index in [4.69, 9.17) is 4.74 Å². The molecule has 3 N–H and O–H groups in total. The van der Waals surface area contributed by atoms with Gasteiger partial charge in [0.1, 0.15) is 31.9 Å². The molecule has 174 valence electrons. The molecule has 0 radical (unpaired) electrons. The summed E-state index contributed by atoms with van der Waals surface area (Å²) in [6.45, 7) is 8.88. The summed E-state index contributed by atoms with van der Waals surface area (Å²) in [6, 6.07) is 14.3. The van der Waals surface area contributed by atoms with Gasteiger partial charge in [-0.2, -0.15) is 9.78 Å². The lowest BCUT2D eigenvalue weighted by atomic mass is 10.1. The van der Waals surface area contributed by atoms with Gasteiger partial charge >= 0.3 is 0 Å². The predicted molar refractivity (Wildman–Crippen MR) is 128 cm³/mol. The van der Waals surface area contributed by atoms with Crippen LogP contribution in [-0.4, -0.2) is 68.6 Å². The monoisotopic (exact) mass is 451 g/mol. The zero-order valence-electron chi connectivity index (χ0n) is 19.4. The topological polar surface area (TPSA) is 82.1 Å². The maximum absolute atomic E-state index is 13.1. The number of quaternary nitrogens is 2. The zero-order chi connectivity index (χ0) is 23.2. The molecule has 1 aliphatic heterocycles. The quantitative estimate of drug-likeness (QED) is 0.397. The minimum absolute atomic E-state index is 0.257. The molecule has 1 aliphatic rings. The fourth-order valence-corrected chi connectivity index (χ4v) is 4.29. The van der Waals surface area contributed by atoms with Gasteiger partial charge in [-0.25, -0.2) is 0 Å². The third-order valence-corrected chi connectivity index (χ3v) is 6.22. The number of rotatable bonds is 8. The Morgan fingerprint density at radius 2 is 1.76 bits per heavy atom. The summed E-state index contributed by atoms with van der Waals surface area (Å²) in [4.78, 5) is 29.4. The van der Waals surface area contributed by atoms with Crippen LogP contribution in [0.5, 0.6) is 5.75 Å². The Bertz CT molecular complexity index is 1150. The van der Waals surface area contributed by atoms with Crippen LogP contribution in [-0.2, 0) is 0 Å². The summed E-state index contributed by atoms with van der Waals surface area (Å²) in [7, 11) is 2.24. The molecule has 0 bridgehead atoms. The van der Waals surface area contributed by atoms with Crippen molar-refractivity contribution in [2.75, 3.05) is 52.9 Å². The van der Waals surface area contributed by atoms with Crippen LogP contribution in [0.3, 0.4) is 0 Å². The van der Waals surface area contributed by atoms with Crippen molar-refractivity contribution in [3.05, 3.63) is 64.6 Å². The Labute approximate surface area is 193 Å². The van der Waals surface area contributed by atoms with E-state index in [0.717, 1.165) is 18.7 Å². The van der Waals surface area contributed by atoms with Gasteiger partial charge in [0, 0.05) is 18.4 Å². The predicted octanol–water partition coefficient (Wildman–Crippen LogP) is -0.682. The van der Waals surface area contributed by atoms with E-state index >= 15 is 0 Å². The Hall–Kier alpha value is -3.23. The number of hydrogen-bond acceptors (Lipinski definition) is 4. The molecule has 1 amide bonds. The van der Waals surface area contributed by atoms with Crippen LogP contribution < -0.4 is 25.4 Å². The van der Waals surface area contributed by atoms with Crippen LogP contribution in [0.15, 0.2) is 53.3 Å². The molecule has 2 aromatic carbocycles. The number of piperazine rings is 1.